The third-order valence-electron chi connectivity index (χ3n) is 7.28. The number of terminal acetylenes is 1. The Bertz CT molecular complexity index is 1280. The zero-order valence-electron chi connectivity index (χ0n) is 19.2. The number of hydrogen-bond donors (Lipinski definition) is 1. The maximum Gasteiger partial charge on any atom is 0.295 e. The molecule has 34 heavy (non-hydrogen) atoms. The van der Waals surface area contributed by atoms with Gasteiger partial charge in [0.05, 0.1) is 30.1 Å². The molecule has 2 aliphatic rings. The third kappa shape index (κ3) is 4.10. The van der Waals surface area contributed by atoms with Crippen molar-refractivity contribution >= 4 is 11.4 Å². The molecule has 3 aromatic heterocycles. The van der Waals surface area contributed by atoms with Crippen molar-refractivity contribution in [3.63, 3.8) is 0 Å². The topological polar surface area (TPSA) is 92.3 Å². The zero-order chi connectivity index (χ0) is 23.7. The highest BCUT2D eigenvalue weighted by Crippen LogP contribution is 2.45. The van der Waals surface area contributed by atoms with E-state index in [0.29, 0.717) is 35.7 Å². The molecule has 2 bridgehead atoms. The van der Waals surface area contributed by atoms with Crippen LogP contribution in [0, 0.1) is 41.4 Å². The SMILES string of the molecule is C#CC(=O)NC1C2CCC1CC(Cc1ccc(-c3cc(OCC)cn4ncc(C#N)c34)cn1)C2. The quantitative estimate of drug-likeness (QED) is 0.574. The van der Waals surface area contributed by atoms with Crippen molar-refractivity contribution in [1.82, 2.24) is 19.9 Å². The fourth-order valence-electron chi connectivity index (χ4n) is 5.89. The average molecular weight is 454 g/mol. The summed E-state index contributed by atoms with van der Waals surface area (Å²) in [6.07, 6.45) is 15.9. The normalized spacial score (nSPS) is 23.3. The molecule has 2 aliphatic carbocycles. The van der Waals surface area contributed by atoms with Gasteiger partial charge in [0.2, 0.25) is 0 Å². The minimum atomic E-state index is -0.294. The fraction of sp³-hybridized carbons (Fsp3) is 0.407. The molecule has 172 valence electrons. The number of carbonyl (C=O) groups excluding carboxylic acids is 1. The van der Waals surface area contributed by atoms with Crippen LogP contribution in [-0.2, 0) is 11.2 Å². The number of aromatic nitrogens is 3. The molecule has 2 saturated carbocycles. The molecule has 1 amide bonds. The van der Waals surface area contributed by atoms with Crippen LogP contribution in [-0.4, -0.2) is 33.2 Å². The number of rotatable bonds is 6. The summed E-state index contributed by atoms with van der Waals surface area (Å²) in [4.78, 5) is 16.5. The second kappa shape index (κ2) is 9.19. The summed E-state index contributed by atoms with van der Waals surface area (Å²) < 4.78 is 7.40. The molecule has 3 heterocycles. The molecule has 0 saturated heterocycles. The standard InChI is InChI=1S/C27H27N5O2/c1-3-25(33)31-26-18-5-6-19(26)10-17(9-18)11-22-8-7-20(14-29-22)24-12-23(34-4-2)16-32-27(24)21(13-28)15-30-32/h1,7-8,12,14-19,26H,4-6,9-11H2,2H3,(H,31,33). The molecule has 3 aromatic rings. The third-order valence-corrected chi connectivity index (χ3v) is 7.28. The van der Waals surface area contributed by atoms with E-state index in [4.69, 9.17) is 16.1 Å². The van der Waals surface area contributed by atoms with Crippen molar-refractivity contribution in [2.75, 3.05) is 6.61 Å². The van der Waals surface area contributed by atoms with E-state index in [-0.39, 0.29) is 11.9 Å². The lowest BCUT2D eigenvalue weighted by Gasteiger charge is -2.35. The average Bonchev–Trinajstić information content (AvgIpc) is 3.36. The first kappa shape index (κ1) is 22.0. The van der Waals surface area contributed by atoms with Crippen LogP contribution >= 0.6 is 0 Å². The Hall–Kier alpha value is -3.84. The molecule has 7 nitrogen and oxygen atoms in total. The minimum Gasteiger partial charge on any atom is -0.492 e. The van der Waals surface area contributed by atoms with E-state index in [1.165, 1.54) is 0 Å². The van der Waals surface area contributed by atoms with Crippen LogP contribution in [0.3, 0.4) is 0 Å². The highest BCUT2D eigenvalue weighted by atomic mass is 16.5. The van der Waals surface area contributed by atoms with Gasteiger partial charge < -0.3 is 10.1 Å². The Morgan fingerprint density at radius 3 is 2.74 bits per heavy atom. The second-order valence-electron chi connectivity index (χ2n) is 9.31. The Labute approximate surface area is 199 Å². The first-order valence-electron chi connectivity index (χ1n) is 11.9. The summed E-state index contributed by atoms with van der Waals surface area (Å²) >= 11 is 0. The van der Waals surface area contributed by atoms with E-state index in [0.717, 1.165) is 54.4 Å². The Balaban J connectivity index is 1.34. The van der Waals surface area contributed by atoms with Crippen molar-refractivity contribution in [3.05, 3.63) is 48.0 Å². The summed E-state index contributed by atoms with van der Waals surface area (Å²) in [5.41, 5.74) is 4.14. The largest absolute Gasteiger partial charge is 0.492 e. The lowest BCUT2D eigenvalue weighted by atomic mass is 9.75. The molecule has 0 radical (unpaired) electrons. The van der Waals surface area contributed by atoms with E-state index in [1.54, 1.807) is 16.9 Å². The number of nitriles is 1. The molecule has 1 N–H and O–H groups in total. The lowest BCUT2D eigenvalue weighted by molar-refractivity contribution is -0.117. The van der Waals surface area contributed by atoms with Gasteiger partial charge in [-0.25, -0.2) is 4.52 Å². The maximum absolute atomic E-state index is 11.7. The van der Waals surface area contributed by atoms with Crippen LogP contribution in [0.5, 0.6) is 5.75 Å². The summed E-state index contributed by atoms with van der Waals surface area (Å²) in [6, 6.07) is 8.54. The molecule has 0 aromatic carbocycles. The van der Waals surface area contributed by atoms with Crippen LogP contribution in [0.4, 0.5) is 0 Å². The molecule has 0 spiro atoms. The van der Waals surface area contributed by atoms with Crippen molar-refractivity contribution in [2.24, 2.45) is 17.8 Å². The van der Waals surface area contributed by atoms with Crippen molar-refractivity contribution in [2.45, 2.75) is 45.1 Å². The van der Waals surface area contributed by atoms with Gasteiger partial charge >= 0.3 is 0 Å². The number of pyridine rings is 2. The van der Waals surface area contributed by atoms with E-state index in [2.05, 4.69) is 34.5 Å². The second-order valence-corrected chi connectivity index (χ2v) is 9.31. The molecule has 7 heteroatoms. The summed E-state index contributed by atoms with van der Waals surface area (Å²) in [7, 11) is 0. The first-order chi connectivity index (χ1) is 16.6. The van der Waals surface area contributed by atoms with Crippen LogP contribution in [0.1, 0.15) is 43.9 Å². The van der Waals surface area contributed by atoms with E-state index in [1.807, 2.05) is 19.2 Å². The maximum atomic E-state index is 11.7. The smallest absolute Gasteiger partial charge is 0.295 e. The predicted octanol–water partition coefficient (Wildman–Crippen LogP) is 3.76. The summed E-state index contributed by atoms with van der Waals surface area (Å²) in [5, 5.41) is 16.9. The van der Waals surface area contributed by atoms with Crippen molar-refractivity contribution in [3.8, 4) is 35.3 Å². The highest BCUT2D eigenvalue weighted by molar-refractivity contribution is 5.93. The van der Waals surface area contributed by atoms with E-state index < -0.39 is 0 Å². The number of nitrogens with one attached hydrogen (secondary N) is 1. The Morgan fingerprint density at radius 1 is 1.29 bits per heavy atom. The number of amides is 1. The Kier molecular flexibility index (Phi) is 5.94. The minimum absolute atomic E-state index is 0.222. The van der Waals surface area contributed by atoms with Crippen LogP contribution in [0.15, 0.2) is 36.8 Å². The lowest BCUT2D eigenvalue weighted by Crippen LogP contribution is -2.45. The number of fused-ring (bicyclic) bond motifs is 3. The summed E-state index contributed by atoms with van der Waals surface area (Å²) in [6.45, 7) is 2.48. The van der Waals surface area contributed by atoms with Gasteiger partial charge in [-0.1, -0.05) is 6.07 Å². The highest BCUT2D eigenvalue weighted by Gasteiger charge is 2.43. The number of carbonyl (C=O) groups is 1. The summed E-state index contributed by atoms with van der Waals surface area (Å²) in [5.74, 6) is 4.15. The van der Waals surface area contributed by atoms with Crippen molar-refractivity contribution < 1.29 is 9.53 Å². The van der Waals surface area contributed by atoms with Crippen LogP contribution < -0.4 is 10.1 Å². The van der Waals surface area contributed by atoms with Gasteiger partial charge in [0, 0.05) is 29.1 Å². The number of ether oxygens (including phenoxy) is 1. The molecular weight excluding hydrogens is 426 g/mol. The number of hydrogen-bond acceptors (Lipinski definition) is 5. The fourth-order valence-corrected chi connectivity index (χ4v) is 5.89. The van der Waals surface area contributed by atoms with Gasteiger partial charge in [-0.05, 0) is 74.8 Å². The van der Waals surface area contributed by atoms with E-state index >= 15 is 0 Å². The monoisotopic (exact) mass is 453 g/mol. The van der Waals surface area contributed by atoms with Gasteiger partial charge in [0.1, 0.15) is 11.8 Å². The molecule has 5 rings (SSSR count). The van der Waals surface area contributed by atoms with Crippen LogP contribution in [0.2, 0.25) is 0 Å². The van der Waals surface area contributed by atoms with Gasteiger partial charge in [-0.2, -0.15) is 10.4 Å². The van der Waals surface area contributed by atoms with Crippen LogP contribution in [0.25, 0.3) is 16.6 Å². The zero-order valence-corrected chi connectivity index (χ0v) is 19.2. The predicted molar refractivity (Wildman–Crippen MR) is 128 cm³/mol. The van der Waals surface area contributed by atoms with Gasteiger partial charge in [0.15, 0.2) is 0 Å². The Morgan fingerprint density at radius 2 is 2.09 bits per heavy atom. The van der Waals surface area contributed by atoms with Gasteiger partial charge in [-0.15, -0.1) is 6.42 Å². The number of nitrogens with zero attached hydrogens (tertiary/aromatic N) is 4. The molecular formula is C27H27N5O2. The van der Waals surface area contributed by atoms with Gasteiger partial charge in [-0.3, -0.25) is 9.78 Å². The molecule has 2 unspecified atom stereocenters. The molecule has 2 fully saturated rings. The molecule has 0 aliphatic heterocycles. The van der Waals surface area contributed by atoms with Crippen molar-refractivity contribution in [1.29, 1.82) is 5.26 Å². The molecule has 2 atom stereocenters. The van der Waals surface area contributed by atoms with E-state index in [9.17, 15) is 10.1 Å². The van der Waals surface area contributed by atoms with Gasteiger partial charge in [0.25, 0.3) is 5.91 Å². The first-order valence-corrected chi connectivity index (χ1v) is 11.9.